The molecule has 1 aliphatic carbocycles. The smallest absolute Gasteiger partial charge is 0.324 e. The maximum absolute atomic E-state index is 14.1. The summed E-state index contributed by atoms with van der Waals surface area (Å²) in [7, 11) is 0. The summed E-state index contributed by atoms with van der Waals surface area (Å²) in [5.74, 6) is -1.93. The summed E-state index contributed by atoms with van der Waals surface area (Å²) in [5.41, 5.74) is 0.133. The first-order chi connectivity index (χ1) is 18.0. The molecule has 0 bridgehead atoms. The van der Waals surface area contributed by atoms with Crippen molar-refractivity contribution in [3.8, 4) is 5.82 Å². The van der Waals surface area contributed by atoms with Gasteiger partial charge in [0, 0.05) is 35.0 Å². The van der Waals surface area contributed by atoms with Crippen LogP contribution < -0.4 is 5.32 Å². The van der Waals surface area contributed by atoms with E-state index in [0.29, 0.717) is 11.3 Å². The molecular weight excluding hydrogens is 532 g/mol. The van der Waals surface area contributed by atoms with E-state index in [2.05, 4.69) is 35.7 Å². The summed E-state index contributed by atoms with van der Waals surface area (Å²) in [6.45, 7) is 1.65. The SMILES string of the molecule is C[C@]1(c2cnn(C(F)(F)F)c2)C[C@@H](C(=O)Nc2cnc(-n3nccn3)c(Cl)c2)c2cnc3cc(F)nn3c21. The summed E-state index contributed by atoms with van der Waals surface area (Å²) in [5, 5.41) is 18.1. The van der Waals surface area contributed by atoms with Gasteiger partial charge in [-0.05, 0) is 19.4 Å². The van der Waals surface area contributed by atoms with Gasteiger partial charge in [-0.2, -0.15) is 24.4 Å². The zero-order valence-electron chi connectivity index (χ0n) is 19.2. The number of carbonyl (C=O) groups excluding carboxylic acids is 1. The topological polar surface area (TPSA) is 121 Å². The quantitative estimate of drug-likeness (QED) is 0.342. The zero-order chi connectivity index (χ0) is 26.8. The first-order valence-corrected chi connectivity index (χ1v) is 11.4. The Balaban J connectivity index is 1.39. The fraction of sp³-hybridized carbons (Fsp3) is 0.227. The van der Waals surface area contributed by atoms with Crippen LogP contribution in [0.2, 0.25) is 5.02 Å². The Labute approximate surface area is 215 Å². The fourth-order valence-electron chi connectivity index (χ4n) is 4.78. The lowest BCUT2D eigenvalue weighted by atomic mass is 9.80. The van der Waals surface area contributed by atoms with Crippen molar-refractivity contribution in [1.82, 2.24) is 44.4 Å². The molecule has 11 nitrogen and oxygen atoms in total. The molecule has 0 saturated heterocycles. The molecule has 38 heavy (non-hydrogen) atoms. The molecule has 5 aromatic rings. The number of alkyl halides is 3. The van der Waals surface area contributed by atoms with Crippen molar-refractivity contribution in [3.63, 3.8) is 0 Å². The van der Waals surface area contributed by atoms with Gasteiger partial charge in [0.2, 0.25) is 11.9 Å². The molecule has 0 aromatic carbocycles. The Morgan fingerprint density at radius 1 is 1.13 bits per heavy atom. The molecule has 2 atom stereocenters. The Bertz CT molecular complexity index is 1700. The van der Waals surface area contributed by atoms with E-state index >= 15 is 0 Å². The van der Waals surface area contributed by atoms with Crippen molar-refractivity contribution >= 4 is 28.8 Å². The average Bonchev–Trinajstić information content (AvgIpc) is 3.64. The Hall–Kier alpha value is -4.40. The predicted octanol–water partition coefficient (Wildman–Crippen LogP) is 3.60. The summed E-state index contributed by atoms with van der Waals surface area (Å²) >= 11 is 6.30. The van der Waals surface area contributed by atoms with Gasteiger partial charge >= 0.3 is 6.30 Å². The minimum absolute atomic E-state index is 0.0381. The van der Waals surface area contributed by atoms with Crippen LogP contribution in [0.3, 0.4) is 0 Å². The average molecular weight is 547 g/mol. The number of fused-ring (bicyclic) bond motifs is 3. The second-order valence-electron chi connectivity index (χ2n) is 8.87. The van der Waals surface area contributed by atoms with Crippen LogP contribution in [0.5, 0.6) is 0 Å². The highest BCUT2D eigenvalue weighted by molar-refractivity contribution is 6.32. The van der Waals surface area contributed by atoms with E-state index in [1.165, 1.54) is 40.2 Å². The minimum atomic E-state index is -4.73. The second kappa shape index (κ2) is 8.31. The molecule has 194 valence electrons. The van der Waals surface area contributed by atoms with E-state index in [-0.39, 0.29) is 38.8 Å². The lowest BCUT2D eigenvalue weighted by molar-refractivity contribution is -0.212. The van der Waals surface area contributed by atoms with E-state index in [1.54, 1.807) is 6.92 Å². The molecule has 16 heteroatoms. The van der Waals surface area contributed by atoms with E-state index in [0.717, 1.165) is 18.5 Å². The zero-order valence-corrected chi connectivity index (χ0v) is 20.0. The summed E-state index contributed by atoms with van der Waals surface area (Å²) in [6.07, 6.45) is 2.92. The molecule has 0 fully saturated rings. The number of pyridine rings is 1. The Kier molecular flexibility index (Phi) is 5.24. The first kappa shape index (κ1) is 24.0. The normalized spacial score (nSPS) is 19.2. The maximum Gasteiger partial charge on any atom is 0.504 e. The molecule has 0 spiro atoms. The van der Waals surface area contributed by atoms with Gasteiger partial charge in [0.15, 0.2) is 11.5 Å². The number of nitrogens with zero attached hydrogens (tertiary/aromatic N) is 9. The number of rotatable bonds is 4. The van der Waals surface area contributed by atoms with Crippen LogP contribution in [0.15, 0.2) is 49.3 Å². The van der Waals surface area contributed by atoms with Gasteiger partial charge < -0.3 is 5.32 Å². The largest absolute Gasteiger partial charge is 0.504 e. The van der Waals surface area contributed by atoms with Gasteiger partial charge in [0.25, 0.3) is 0 Å². The molecule has 1 amide bonds. The van der Waals surface area contributed by atoms with Gasteiger partial charge in [-0.25, -0.2) is 14.5 Å². The summed E-state index contributed by atoms with van der Waals surface area (Å²) in [6, 6.07) is 2.56. The van der Waals surface area contributed by atoms with Crippen LogP contribution >= 0.6 is 11.6 Å². The molecule has 6 rings (SSSR count). The van der Waals surface area contributed by atoms with Gasteiger partial charge in [0.05, 0.1) is 47.1 Å². The van der Waals surface area contributed by atoms with Crippen molar-refractivity contribution in [2.24, 2.45) is 0 Å². The second-order valence-corrected chi connectivity index (χ2v) is 9.27. The third kappa shape index (κ3) is 3.77. The highest BCUT2D eigenvalue weighted by atomic mass is 35.5. The summed E-state index contributed by atoms with van der Waals surface area (Å²) in [4.78, 5) is 23.1. The standard InChI is InChI=1S/C22H15ClF4N10O/c1-21(11-7-32-35(10-11)22(25,26)27)6-13(14-9-28-17-5-16(24)34-36(17)18(14)21)20(38)33-12-4-15(23)19(29-8-12)37-30-2-3-31-37/h2-5,7-10,13H,6H2,1H3,(H,33,38)/t13-,21-/m1/s1. The maximum atomic E-state index is 14.1. The van der Waals surface area contributed by atoms with Gasteiger partial charge in [-0.15, -0.1) is 23.1 Å². The van der Waals surface area contributed by atoms with Crippen molar-refractivity contribution in [3.05, 3.63) is 77.1 Å². The number of carbonyl (C=O) groups is 1. The number of amides is 1. The summed E-state index contributed by atoms with van der Waals surface area (Å²) < 4.78 is 55.1. The van der Waals surface area contributed by atoms with Crippen LogP contribution in [-0.2, 0) is 16.5 Å². The molecule has 0 saturated carbocycles. The van der Waals surface area contributed by atoms with Crippen molar-refractivity contribution in [2.45, 2.75) is 31.0 Å². The molecule has 1 N–H and O–H groups in total. The van der Waals surface area contributed by atoms with Crippen molar-refractivity contribution < 1.29 is 22.4 Å². The fourth-order valence-corrected chi connectivity index (χ4v) is 5.02. The highest BCUT2D eigenvalue weighted by Gasteiger charge is 2.48. The first-order valence-electron chi connectivity index (χ1n) is 11.0. The van der Waals surface area contributed by atoms with Gasteiger partial charge in [-0.1, -0.05) is 11.6 Å². The molecular formula is C22H15ClF4N10O. The van der Waals surface area contributed by atoms with Gasteiger partial charge in [0.1, 0.15) is 0 Å². The van der Waals surface area contributed by atoms with Crippen LogP contribution in [0.1, 0.15) is 36.1 Å². The number of hydrogen-bond donors (Lipinski definition) is 1. The number of nitrogens with one attached hydrogen (secondary N) is 1. The number of aromatic nitrogens is 9. The molecule has 5 heterocycles. The lowest BCUT2D eigenvalue weighted by Gasteiger charge is -2.24. The number of anilines is 1. The molecule has 5 aromatic heterocycles. The predicted molar refractivity (Wildman–Crippen MR) is 123 cm³/mol. The lowest BCUT2D eigenvalue weighted by Crippen LogP contribution is -2.25. The van der Waals surface area contributed by atoms with Crippen LogP contribution in [0, 0.1) is 5.95 Å². The molecule has 1 aliphatic rings. The van der Waals surface area contributed by atoms with E-state index in [1.807, 2.05) is 0 Å². The van der Waals surface area contributed by atoms with E-state index in [4.69, 9.17) is 11.6 Å². The third-order valence-electron chi connectivity index (χ3n) is 6.49. The molecule has 0 aliphatic heterocycles. The van der Waals surface area contributed by atoms with Gasteiger partial charge in [-0.3, -0.25) is 4.79 Å². The number of halogens is 5. The monoisotopic (exact) mass is 546 g/mol. The minimum Gasteiger partial charge on any atom is -0.324 e. The Morgan fingerprint density at radius 2 is 1.89 bits per heavy atom. The van der Waals surface area contributed by atoms with Crippen LogP contribution in [0.25, 0.3) is 11.5 Å². The van der Waals surface area contributed by atoms with Crippen molar-refractivity contribution in [1.29, 1.82) is 0 Å². The van der Waals surface area contributed by atoms with Crippen LogP contribution in [0.4, 0.5) is 23.2 Å². The van der Waals surface area contributed by atoms with Crippen LogP contribution in [-0.4, -0.2) is 50.3 Å². The molecule has 0 radical (unpaired) electrons. The van der Waals surface area contributed by atoms with E-state index in [9.17, 15) is 22.4 Å². The van der Waals surface area contributed by atoms with Crippen molar-refractivity contribution in [2.75, 3.05) is 5.32 Å². The number of hydrogen-bond acceptors (Lipinski definition) is 7. The van der Waals surface area contributed by atoms with E-state index < -0.39 is 29.5 Å². The third-order valence-corrected chi connectivity index (χ3v) is 6.76. The molecule has 0 unspecified atom stereocenters. The highest BCUT2D eigenvalue weighted by Crippen LogP contribution is 2.50. The Morgan fingerprint density at radius 3 is 2.58 bits per heavy atom.